The summed E-state index contributed by atoms with van der Waals surface area (Å²) in [6.07, 6.45) is 0. The van der Waals surface area contributed by atoms with Crippen molar-refractivity contribution in [1.29, 1.82) is 0 Å². The minimum absolute atomic E-state index is 0.145. The number of phenols is 1. The lowest BCUT2D eigenvalue weighted by atomic mass is 10.2. The third-order valence-electron chi connectivity index (χ3n) is 1.36. The number of hydrogen-bond acceptors (Lipinski definition) is 3. The number of aromatic hydroxyl groups is 1. The van der Waals surface area contributed by atoms with Crippen molar-refractivity contribution in [2.75, 3.05) is 7.11 Å². The molecule has 4 heteroatoms. The molecular formula is C8H7IO3. The van der Waals surface area contributed by atoms with E-state index in [1.54, 1.807) is 0 Å². The Bertz CT molecular complexity index is 309. The summed E-state index contributed by atoms with van der Waals surface area (Å²) in [7, 11) is 1.32. The molecule has 0 amide bonds. The summed E-state index contributed by atoms with van der Waals surface area (Å²) in [6, 6.07) is 4.49. The second-order valence-corrected chi connectivity index (χ2v) is 3.32. The van der Waals surface area contributed by atoms with Crippen LogP contribution in [0.4, 0.5) is 0 Å². The molecule has 0 atom stereocenters. The number of carbonyl (C=O) groups excluding carboxylic acids is 1. The van der Waals surface area contributed by atoms with Crippen LogP contribution in [0.3, 0.4) is 0 Å². The molecule has 64 valence electrons. The lowest BCUT2D eigenvalue weighted by Crippen LogP contribution is -2.02. The predicted octanol–water partition coefficient (Wildman–Crippen LogP) is 1.78. The van der Waals surface area contributed by atoms with E-state index in [2.05, 4.69) is 4.74 Å². The molecule has 0 aromatic heterocycles. The van der Waals surface area contributed by atoms with E-state index in [1.165, 1.54) is 25.3 Å². The number of carbonyl (C=O) groups is 1. The molecular weight excluding hydrogens is 271 g/mol. The van der Waals surface area contributed by atoms with Gasteiger partial charge in [-0.1, -0.05) is 0 Å². The number of ether oxygens (including phenoxy) is 1. The first-order valence-corrected chi connectivity index (χ1v) is 4.30. The first-order chi connectivity index (χ1) is 5.65. The largest absolute Gasteiger partial charge is 0.508 e. The van der Waals surface area contributed by atoms with Crippen molar-refractivity contribution < 1.29 is 14.6 Å². The number of hydrogen-bond donors (Lipinski definition) is 1. The van der Waals surface area contributed by atoms with Gasteiger partial charge in [0.05, 0.1) is 12.7 Å². The topological polar surface area (TPSA) is 46.5 Å². The second kappa shape index (κ2) is 3.75. The monoisotopic (exact) mass is 278 g/mol. The second-order valence-electron chi connectivity index (χ2n) is 2.16. The Morgan fingerprint density at radius 1 is 1.58 bits per heavy atom. The summed E-state index contributed by atoms with van der Waals surface area (Å²) in [5.41, 5.74) is 0.468. The fourth-order valence-corrected chi connectivity index (χ4v) is 1.50. The van der Waals surface area contributed by atoms with Crippen LogP contribution in [0.1, 0.15) is 10.4 Å². The van der Waals surface area contributed by atoms with Gasteiger partial charge in [0, 0.05) is 3.57 Å². The smallest absolute Gasteiger partial charge is 0.338 e. The number of rotatable bonds is 1. The standard InChI is InChI=1S/C8H7IO3/c1-12-8(11)6-3-2-5(10)4-7(6)9/h2-4,10H,1H3. The molecule has 0 aliphatic carbocycles. The van der Waals surface area contributed by atoms with E-state index in [0.717, 1.165) is 0 Å². The van der Waals surface area contributed by atoms with Gasteiger partial charge in [-0.2, -0.15) is 0 Å². The number of halogens is 1. The van der Waals surface area contributed by atoms with Gasteiger partial charge >= 0.3 is 5.97 Å². The number of benzene rings is 1. The van der Waals surface area contributed by atoms with Crippen LogP contribution >= 0.6 is 22.6 Å². The third-order valence-corrected chi connectivity index (χ3v) is 2.25. The highest BCUT2D eigenvalue weighted by molar-refractivity contribution is 14.1. The summed E-state index contributed by atoms with van der Waals surface area (Å²) in [6.45, 7) is 0. The molecule has 0 heterocycles. The molecule has 1 aromatic carbocycles. The Morgan fingerprint density at radius 2 is 2.25 bits per heavy atom. The van der Waals surface area contributed by atoms with Gasteiger partial charge in [0.15, 0.2) is 0 Å². The van der Waals surface area contributed by atoms with Gasteiger partial charge in [0.1, 0.15) is 5.75 Å². The molecule has 0 fully saturated rings. The van der Waals surface area contributed by atoms with Crippen LogP contribution in [0.25, 0.3) is 0 Å². The molecule has 1 aromatic rings. The number of methoxy groups -OCH3 is 1. The first kappa shape index (κ1) is 9.31. The van der Waals surface area contributed by atoms with Gasteiger partial charge in [-0.3, -0.25) is 0 Å². The normalized spacial score (nSPS) is 9.50. The van der Waals surface area contributed by atoms with E-state index in [9.17, 15) is 4.79 Å². The van der Waals surface area contributed by atoms with Crippen LogP contribution in [0.15, 0.2) is 18.2 Å². The zero-order valence-electron chi connectivity index (χ0n) is 6.37. The maximum absolute atomic E-state index is 11.0. The molecule has 0 aliphatic heterocycles. The lowest BCUT2D eigenvalue weighted by molar-refractivity contribution is 0.0599. The molecule has 0 radical (unpaired) electrons. The van der Waals surface area contributed by atoms with Crippen LogP contribution in [0, 0.1) is 3.57 Å². The maximum atomic E-state index is 11.0. The molecule has 0 spiro atoms. The van der Waals surface area contributed by atoms with E-state index in [-0.39, 0.29) is 11.7 Å². The summed E-state index contributed by atoms with van der Waals surface area (Å²) in [5.74, 6) is -0.244. The predicted molar refractivity (Wildman–Crippen MR) is 52.2 cm³/mol. The SMILES string of the molecule is COC(=O)c1ccc(O)cc1I. The fraction of sp³-hybridized carbons (Fsp3) is 0.125. The molecule has 1 rings (SSSR count). The van der Waals surface area contributed by atoms with Crippen molar-refractivity contribution in [3.8, 4) is 5.75 Å². The highest BCUT2D eigenvalue weighted by atomic mass is 127. The van der Waals surface area contributed by atoms with E-state index in [0.29, 0.717) is 9.13 Å². The summed E-state index contributed by atoms with van der Waals surface area (Å²) in [5, 5.41) is 9.04. The van der Waals surface area contributed by atoms with Crippen molar-refractivity contribution in [3.05, 3.63) is 27.3 Å². The van der Waals surface area contributed by atoms with Crippen LogP contribution in [-0.2, 0) is 4.74 Å². The number of phenolic OH excluding ortho intramolecular Hbond substituents is 1. The Labute approximate surface area is 83.5 Å². The van der Waals surface area contributed by atoms with Crippen LogP contribution in [-0.4, -0.2) is 18.2 Å². The highest BCUT2D eigenvalue weighted by Crippen LogP contribution is 2.18. The Morgan fingerprint density at radius 3 is 2.75 bits per heavy atom. The summed E-state index contributed by atoms with van der Waals surface area (Å²) in [4.78, 5) is 11.0. The molecule has 0 aliphatic rings. The zero-order chi connectivity index (χ0) is 9.14. The van der Waals surface area contributed by atoms with Gasteiger partial charge in [-0.05, 0) is 40.8 Å². The molecule has 12 heavy (non-hydrogen) atoms. The maximum Gasteiger partial charge on any atom is 0.338 e. The highest BCUT2D eigenvalue weighted by Gasteiger charge is 2.09. The van der Waals surface area contributed by atoms with Gasteiger partial charge in [0.2, 0.25) is 0 Å². The lowest BCUT2D eigenvalue weighted by Gasteiger charge is -2.01. The van der Waals surface area contributed by atoms with E-state index in [4.69, 9.17) is 5.11 Å². The number of esters is 1. The van der Waals surface area contributed by atoms with Crippen LogP contribution in [0.5, 0.6) is 5.75 Å². The zero-order valence-corrected chi connectivity index (χ0v) is 8.53. The molecule has 0 saturated carbocycles. The average molecular weight is 278 g/mol. The molecule has 0 saturated heterocycles. The summed E-state index contributed by atoms with van der Waals surface area (Å²) >= 11 is 1.96. The third kappa shape index (κ3) is 1.88. The quantitative estimate of drug-likeness (QED) is 0.629. The van der Waals surface area contributed by atoms with Gasteiger partial charge in [0.25, 0.3) is 0 Å². The van der Waals surface area contributed by atoms with E-state index in [1.807, 2.05) is 22.6 Å². The Balaban J connectivity index is 3.09. The van der Waals surface area contributed by atoms with Gasteiger partial charge in [-0.25, -0.2) is 4.79 Å². The van der Waals surface area contributed by atoms with E-state index < -0.39 is 0 Å². The van der Waals surface area contributed by atoms with Crippen molar-refractivity contribution in [2.45, 2.75) is 0 Å². The molecule has 1 N–H and O–H groups in total. The average Bonchev–Trinajstić information content (AvgIpc) is 2.03. The Hall–Kier alpha value is -0.780. The van der Waals surface area contributed by atoms with E-state index >= 15 is 0 Å². The molecule has 3 nitrogen and oxygen atoms in total. The molecule has 0 unspecified atom stereocenters. The molecule has 0 bridgehead atoms. The van der Waals surface area contributed by atoms with Crippen molar-refractivity contribution >= 4 is 28.6 Å². The fourth-order valence-electron chi connectivity index (χ4n) is 0.780. The van der Waals surface area contributed by atoms with Crippen LogP contribution in [0.2, 0.25) is 0 Å². The first-order valence-electron chi connectivity index (χ1n) is 3.22. The van der Waals surface area contributed by atoms with Crippen molar-refractivity contribution in [2.24, 2.45) is 0 Å². The Kier molecular flexibility index (Phi) is 2.91. The van der Waals surface area contributed by atoms with Gasteiger partial charge in [-0.15, -0.1) is 0 Å². The minimum Gasteiger partial charge on any atom is -0.508 e. The van der Waals surface area contributed by atoms with Crippen molar-refractivity contribution in [3.63, 3.8) is 0 Å². The minimum atomic E-state index is -0.389. The summed E-state index contributed by atoms with van der Waals surface area (Å²) < 4.78 is 5.21. The van der Waals surface area contributed by atoms with Crippen LogP contribution < -0.4 is 0 Å². The van der Waals surface area contributed by atoms with Gasteiger partial charge < -0.3 is 9.84 Å². The van der Waals surface area contributed by atoms with Crippen molar-refractivity contribution in [1.82, 2.24) is 0 Å².